The fraction of sp³-hybridized carbons (Fsp3) is 0.611. The number of amides is 1. The number of anilines is 1. The third kappa shape index (κ3) is 4.57. The maximum atomic E-state index is 12.5. The smallest absolute Gasteiger partial charge is 0.240 e. The van der Waals surface area contributed by atoms with Gasteiger partial charge in [0.05, 0.1) is 4.90 Å². The summed E-state index contributed by atoms with van der Waals surface area (Å²) in [5.41, 5.74) is 0.699. The zero-order chi connectivity index (χ0) is 18.1. The number of carbonyl (C=O) groups excluding carboxylic acids is 1. The van der Waals surface area contributed by atoms with Crippen molar-refractivity contribution in [2.75, 3.05) is 18.4 Å². The summed E-state index contributed by atoms with van der Waals surface area (Å²) in [7, 11) is -3.57. The fourth-order valence-electron chi connectivity index (χ4n) is 3.58. The highest BCUT2D eigenvalue weighted by molar-refractivity contribution is 7.89. The van der Waals surface area contributed by atoms with Gasteiger partial charge in [-0.3, -0.25) is 4.79 Å². The molecule has 0 radical (unpaired) electrons. The molecule has 2 unspecified atom stereocenters. The first kappa shape index (κ1) is 21.2. The lowest BCUT2D eigenvalue weighted by Crippen LogP contribution is -2.32. The van der Waals surface area contributed by atoms with E-state index in [1.165, 1.54) is 6.07 Å². The molecule has 26 heavy (non-hydrogen) atoms. The van der Waals surface area contributed by atoms with Crippen LogP contribution in [-0.4, -0.2) is 33.5 Å². The first-order valence-corrected chi connectivity index (χ1v) is 10.5. The van der Waals surface area contributed by atoms with Crippen LogP contribution in [0.4, 0.5) is 5.69 Å². The first-order valence-electron chi connectivity index (χ1n) is 9.00. The van der Waals surface area contributed by atoms with Crippen LogP contribution in [0.3, 0.4) is 0 Å². The molecule has 3 N–H and O–H groups in total. The van der Waals surface area contributed by atoms with Gasteiger partial charge < -0.3 is 10.6 Å². The van der Waals surface area contributed by atoms with E-state index >= 15 is 0 Å². The van der Waals surface area contributed by atoms with Gasteiger partial charge in [0.1, 0.15) is 0 Å². The third-order valence-corrected chi connectivity index (χ3v) is 7.07. The summed E-state index contributed by atoms with van der Waals surface area (Å²) in [6, 6.07) is 6.34. The van der Waals surface area contributed by atoms with Crippen molar-refractivity contribution in [2.45, 2.75) is 50.5 Å². The minimum absolute atomic E-state index is 0. The second kappa shape index (κ2) is 8.25. The van der Waals surface area contributed by atoms with Crippen molar-refractivity contribution < 1.29 is 13.2 Å². The molecule has 1 heterocycles. The topological polar surface area (TPSA) is 87.3 Å². The summed E-state index contributed by atoms with van der Waals surface area (Å²) in [6.45, 7) is 5.70. The van der Waals surface area contributed by atoms with Crippen molar-refractivity contribution in [3.8, 4) is 0 Å². The van der Waals surface area contributed by atoms with Crippen LogP contribution in [0, 0.1) is 11.3 Å². The molecule has 1 aliphatic heterocycles. The number of sulfonamides is 1. The molecular weight excluding hydrogens is 374 g/mol. The normalized spacial score (nSPS) is 22.3. The monoisotopic (exact) mass is 401 g/mol. The van der Waals surface area contributed by atoms with E-state index in [1.807, 2.05) is 13.8 Å². The number of piperidine rings is 1. The summed E-state index contributed by atoms with van der Waals surface area (Å²) in [5, 5.41) is 6.23. The van der Waals surface area contributed by atoms with E-state index in [0.29, 0.717) is 12.1 Å². The minimum atomic E-state index is -3.57. The fourth-order valence-corrected chi connectivity index (χ4v) is 4.95. The predicted molar refractivity (Wildman–Crippen MR) is 105 cm³/mol. The van der Waals surface area contributed by atoms with E-state index in [0.717, 1.165) is 32.4 Å². The second-order valence-electron chi connectivity index (χ2n) is 7.32. The standard InChI is InChI=1S/C18H27N3O3S.ClH/c1-3-13(2)21-25(23,24)15-6-4-5-14(11-15)20-17(22)16-12-18(16)7-9-19-10-8-18;/h4-6,11,13,16,19,21H,3,7-10,12H2,1-2H3,(H,20,22);1H. The lowest BCUT2D eigenvalue weighted by Gasteiger charge is -2.23. The molecule has 2 atom stereocenters. The lowest BCUT2D eigenvalue weighted by atomic mass is 9.92. The van der Waals surface area contributed by atoms with Gasteiger partial charge in [-0.2, -0.15) is 0 Å². The molecule has 1 saturated heterocycles. The molecule has 0 bridgehead atoms. The van der Waals surface area contributed by atoms with Crippen LogP contribution >= 0.6 is 12.4 Å². The zero-order valence-corrected chi connectivity index (χ0v) is 16.9. The van der Waals surface area contributed by atoms with Crippen molar-refractivity contribution in [2.24, 2.45) is 11.3 Å². The van der Waals surface area contributed by atoms with Gasteiger partial charge in [-0.1, -0.05) is 13.0 Å². The van der Waals surface area contributed by atoms with Crippen molar-refractivity contribution in [3.05, 3.63) is 24.3 Å². The second-order valence-corrected chi connectivity index (χ2v) is 9.03. The van der Waals surface area contributed by atoms with Crippen LogP contribution in [0.1, 0.15) is 39.5 Å². The Morgan fingerprint density at radius 3 is 2.69 bits per heavy atom. The van der Waals surface area contributed by atoms with Crippen LogP contribution in [0.25, 0.3) is 0 Å². The van der Waals surface area contributed by atoms with Gasteiger partial charge in [0.25, 0.3) is 0 Å². The number of hydrogen-bond donors (Lipinski definition) is 3. The van der Waals surface area contributed by atoms with Gasteiger partial charge in [-0.25, -0.2) is 13.1 Å². The average molecular weight is 402 g/mol. The average Bonchev–Trinajstić information content (AvgIpc) is 3.28. The van der Waals surface area contributed by atoms with E-state index in [4.69, 9.17) is 0 Å². The van der Waals surface area contributed by atoms with Crippen LogP contribution in [0.2, 0.25) is 0 Å². The van der Waals surface area contributed by atoms with Crippen molar-refractivity contribution in [3.63, 3.8) is 0 Å². The molecule has 2 aliphatic rings. The third-order valence-electron chi connectivity index (χ3n) is 5.49. The Balaban J connectivity index is 0.00000243. The lowest BCUT2D eigenvalue weighted by molar-refractivity contribution is -0.118. The molecular formula is C18H28ClN3O3S. The Labute approximate surface area is 162 Å². The van der Waals surface area contributed by atoms with Gasteiger partial charge >= 0.3 is 0 Å². The summed E-state index contributed by atoms with van der Waals surface area (Å²) >= 11 is 0. The number of rotatable bonds is 6. The minimum Gasteiger partial charge on any atom is -0.326 e. The summed E-state index contributed by atoms with van der Waals surface area (Å²) in [5.74, 6) is 0.0550. The molecule has 1 saturated carbocycles. The molecule has 1 amide bonds. The number of hydrogen-bond acceptors (Lipinski definition) is 4. The van der Waals surface area contributed by atoms with Crippen molar-refractivity contribution in [1.82, 2.24) is 10.0 Å². The number of halogens is 1. The number of benzene rings is 1. The SMILES string of the molecule is CCC(C)NS(=O)(=O)c1cccc(NC(=O)C2CC23CCNCC3)c1.Cl. The quantitative estimate of drug-likeness (QED) is 0.683. The van der Waals surface area contributed by atoms with E-state index in [2.05, 4.69) is 15.4 Å². The highest BCUT2D eigenvalue weighted by atomic mass is 35.5. The maximum Gasteiger partial charge on any atom is 0.240 e. The molecule has 2 fully saturated rings. The Morgan fingerprint density at radius 2 is 2.04 bits per heavy atom. The molecule has 0 aromatic heterocycles. The molecule has 8 heteroatoms. The Morgan fingerprint density at radius 1 is 1.35 bits per heavy atom. The molecule has 1 aromatic rings. The van der Waals surface area contributed by atoms with Gasteiger partial charge in [0.2, 0.25) is 15.9 Å². The first-order chi connectivity index (χ1) is 11.9. The van der Waals surface area contributed by atoms with Crippen LogP contribution in [0.15, 0.2) is 29.2 Å². The summed E-state index contributed by atoms with van der Waals surface area (Å²) < 4.78 is 27.4. The molecule has 146 valence electrons. The van der Waals surface area contributed by atoms with Crippen LogP contribution in [0.5, 0.6) is 0 Å². The Bertz CT molecular complexity index is 748. The van der Waals surface area contributed by atoms with Gasteiger partial charge in [-0.05, 0) is 69.3 Å². The van der Waals surface area contributed by atoms with Crippen LogP contribution < -0.4 is 15.4 Å². The largest absolute Gasteiger partial charge is 0.326 e. The number of carbonyl (C=O) groups is 1. The highest BCUT2D eigenvalue weighted by Crippen LogP contribution is 2.58. The van der Waals surface area contributed by atoms with Crippen molar-refractivity contribution in [1.29, 1.82) is 0 Å². The molecule has 1 spiro atoms. The van der Waals surface area contributed by atoms with Gasteiger partial charge in [0.15, 0.2) is 0 Å². The highest BCUT2D eigenvalue weighted by Gasteiger charge is 2.57. The summed E-state index contributed by atoms with van der Waals surface area (Å²) in [4.78, 5) is 12.7. The predicted octanol–water partition coefficient (Wildman–Crippen LogP) is 2.51. The molecule has 1 aliphatic carbocycles. The van der Waals surface area contributed by atoms with E-state index in [1.54, 1.807) is 18.2 Å². The van der Waals surface area contributed by atoms with E-state index < -0.39 is 10.0 Å². The van der Waals surface area contributed by atoms with E-state index in [9.17, 15) is 13.2 Å². The number of nitrogens with one attached hydrogen (secondary N) is 3. The Kier molecular flexibility index (Phi) is 6.71. The van der Waals surface area contributed by atoms with Gasteiger partial charge in [-0.15, -0.1) is 12.4 Å². The van der Waals surface area contributed by atoms with Gasteiger partial charge in [0, 0.05) is 17.6 Å². The maximum absolute atomic E-state index is 12.5. The Hall–Kier alpha value is -1.15. The molecule has 3 rings (SSSR count). The molecule has 1 aromatic carbocycles. The summed E-state index contributed by atoms with van der Waals surface area (Å²) in [6.07, 6.45) is 3.74. The van der Waals surface area contributed by atoms with Crippen molar-refractivity contribution >= 4 is 34.0 Å². The zero-order valence-electron chi connectivity index (χ0n) is 15.2. The molecule has 6 nitrogen and oxygen atoms in total. The van der Waals surface area contributed by atoms with Crippen LogP contribution in [-0.2, 0) is 14.8 Å². The van der Waals surface area contributed by atoms with E-state index in [-0.39, 0.29) is 40.6 Å².